The highest BCUT2D eigenvalue weighted by atomic mass is 32.1. The maximum absolute atomic E-state index is 11.9. The second-order valence-corrected chi connectivity index (χ2v) is 5.03. The molecule has 1 heterocycles. The number of benzene rings is 1. The summed E-state index contributed by atoms with van der Waals surface area (Å²) < 4.78 is 10.5. The van der Waals surface area contributed by atoms with Gasteiger partial charge < -0.3 is 20.9 Å². The van der Waals surface area contributed by atoms with E-state index in [0.717, 1.165) is 5.56 Å². The van der Waals surface area contributed by atoms with Gasteiger partial charge in [0.2, 0.25) is 6.21 Å². The lowest BCUT2D eigenvalue weighted by atomic mass is 10.2. The van der Waals surface area contributed by atoms with Crippen molar-refractivity contribution < 1.29 is 19.4 Å². The second-order valence-electron chi connectivity index (χ2n) is 4.09. The molecule has 1 aromatic carbocycles. The van der Waals surface area contributed by atoms with Gasteiger partial charge in [0.25, 0.3) is 5.96 Å². The van der Waals surface area contributed by atoms with E-state index in [2.05, 4.69) is 10.2 Å². The smallest absolute Gasteiger partial charge is 0.353 e. The van der Waals surface area contributed by atoms with Gasteiger partial charge in [-0.25, -0.2) is 4.79 Å². The molecule has 5 N–H and O–H groups in total. The highest BCUT2D eigenvalue weighted by Gasteiger charge is 2.13. The number of methoxy groups -OCH3 is 1. The van der Waals surface area contributed by atoms with Crippen LogP contribution in [0.4, 0.5) is 0 Å². The molecule has 0 aliphatic heterocycles. The predicted octanol–water partition coefficient (Wildman–Crippen LogP) is -0.336. The Morgan fingerprint density at radius 2 is 2.14 bits per heavy atom. The molecule has 114 valence electrons. The first kappa shape index (κ1) is 15.5. The number of rotatable bonds is 5. The molecule has 0 bridgehead atoms. The van der Waals surface area contributed by atoms with Gasteiger partial charge in [0.15, 0.2) is 11.5 Å². The number of hydrogen-bond donors (Lipinski definition) is 3. The Kier molecular flexibility index (Phi) is 5.10. The molecular formula is C14H15N4O3S+. The van der Waals surface area contributed by atoms with Crippen molar-refractivity contribution in [3.05, 3.63) is 46.2 Å². The second kappa shape index (κ2) is 7.23. The molecule has 0 amide bonds. The fourth-order valence-electron chi connectivity index (χ4n) is 1.58. The number of nitrogens with zero attached hydrogens (tertiary/aromatic N) is 1. The van der Waals surface area contributed by atoms with Crippen LogP contribution in [0.3, 0.4) is 0 Å². The van der Waals surface area contributed by atoms with Crippen molar-refractivity contribution in [1.29, 1.82) is 0 Å². The Labute approximate surface area is 130 Å². The quantitative estimate of drug-likeness (QED) is 0.229. The number of guanidine groups is 1. The molecule has 2 rings (SSSR count). The molecule has 0 aliphatic rings. The van der Waals surface area contributed by atoms with Crippen LogP contribution >= 0.6 is 11.3 Å². The van der Waals surface area contributed by atoms with Gasteiger partial charge in [0.05, 0.1) is 7.11 Å². The van der Waals surface area contributed by atoms with Crippen LogP contribution in [0, 0.1) is 0 Å². The van der Waals surface area contributed by atoms with Gasteiger partial charge in [0.1, 0.15) is 4.88 Å². The van der Waals surface area contributed by atoms with E-state index in [9.17, 15) is 4.79 Å². The van der Waals surface area contributed by atoms with Crippen LogP contribution in [0.25, 0.3) is 0 Å². The first-order chi connectivity index (χ1) is 10.6. The van der Waals surface area contributed by atoms with E-state index in [-0.39, 0.29) is 5.96 Å². The summed E-state index contributed by atoms with van der Waals surface area (Å²) in [6.45, 7) is 0. The summed E-state index contributed by atoms with van der Waals surface area (Å²) >= 11 is 1.31. The standard InChI is InChI=1S/C14H14N4O3S/c1-20-11-7-9(8-17-18-14(15)16)4-5-10(11)21-13(19)12-3-2-6-22-12/h2-8H,1H3,(H4,15,16,18)/p+1/b17-8-. The Morgan fingerprint density at radius 3 is 2.77 bits per heavy atom. The van der Waals surface area contributed by atoms with Crippen molar-refractivity contribution >= 4 is 29.5 Å². The summed E-state index contributed by atoms with van der Waals surface area (Å²) in [4.78, 5) is 12.5. The molecule has 0 atom stereocenters. The van der Waals surface area contributed by atoms with Crippen LogP contribution in [-0.4, -0.2) is 25.3 Å². The minimum Gasteiger partial charge on any atom is -0.493 e. The lowest BCUT2D eigenvalue weighted by Gasteiger charge is -2.08. The third-order valence-electron chi connectivity index (χ3n) is 2.54. The average Bonchev–Trinajstić information content (AvgIpc) is 3.02. The summed E-state index contributed by atoms with van der Waals surface area (Å²) in [5, 5.41) is 8.01. The zero-order chi connectivity index (χ0) is 15.9. The lowest BCUT2D eigenvalue weighted by Crippen LogP contribution is -2.63. The average molecular weight is 319 g/mol. The number of hydrazone groups is 1. The number of esters is 1. The zero-order valence-electron chi connectivity index (χ0n) is 11.8. The third kappa shape index (κ3) is 4.06. The topological polar surface area (TPSA) is 114 Å². The molecule has 8 heteroatoms. The lowest BCUT2D eigenvalue weighted by molar-refractivity contribution is -0.456. The monoisotopic (exact) mass is 319 g/mol. The number of nitrogens with two attached hydrogens (primary N) is 2. The van der Waals surface area contributed by atoms with Crippen LogP contribution in [0.1, 0.15) is 15.2 Å². The molecule has 0 aliphatic carbocycles. The number of thiophene rings is 1. The molecule has 0 spiro atoms. The van der Waals surface area contributed by atoms with Gasteiger partial charge in [0, 0.05) is 10.7 Å². The first-order valence-electron chi connectivity index (χ1n) is 6.21. The molecular weight excluding hydrogens is 304 g/mol. The molecule has 0 fully saturated rings. The SMILES string of the molecule is COc1cc(/C=[NH+]\N=C(N)N)ccc1OC(=O)c1cccs1. The Balaban J connectivity index is 2.17. The van der Waals surface area contributed by atoms with Crippen molar-refractivity contribution in [1.82, 2.24) is 0 Å². The molecule has 1 aromatic heterocycles. The van der Waals surface area contributed by atoms with Gasteiger partial charge in [-0.15, -0.1) is 16.4 Å². The molecule has 0 radical (unpaired) electrons. The maximum atomic E-state index is 11.9. The van der Waals surface area contributed by atoms with Crippen molar-refractivity contribution in [3.63, 3.8) is 0 Å². The van der Waals surface area contributed by atoms with Crippen LogP contribution in [-0.2, 0) is 0 Å². The van der Waals surface area contributed by atoms with Crippen LogP contribution in [0.2, 0.25) is 0 Å². The summed E-state index contributed by atoms with van der Waals surface area (Å²) in [6, 6.07) is 8.53. The Morgan fingerprint density at radius 1 is 1.32 bits per heavy atom. The largest absolute Gasteiger partial charge is 0.493 e. The highest BCUT2D eigenvalue weighted by Crippen LogP contribution is 2.28. The van der Waals surface area contributed by atoms with E-state index in [0.29, 0.717) is 16.4 Å². The summed E-state index contributed by atoms with van der Waals surface area (Å²) in [5.41, 5.74) is 11.2. The molecule has 0 saturated carbocycles. The molecule has 7 nitrogen and oxygen atoms in total. The number of carbonyl (C=O) groups excluding carboxylic acids is 1. The fraction of sp³-hybridized carbons (Fsp3) is 0.0714. The van der Waals surface area contributed by atoms with Crippen LogP contribution in [0.5, 0.6) is 11.5 Å². The maximum Gasteiger partial charge on any atom is 0.353 e. The van der Waals surface area contributed by atoms with Crippen LogP contribution < -0.4 is 26.0 Å². The van der Waals surface area contributed by atoms with Crippen LogP contribution in [0.15, 0.2) is 40.8 Å². The predicted molar refractivity (Wildman–Crippen MR) is 84.2 cm³/mol. The summed E-state index contributed by atoms with van der Waals surface area (Å²) in [6.07, 6.45) is 1.58. The minimum absolute atomic E-state index is 0.0790. The summed E-state index contributed by atoms with van der Waals surface area (Å²) in [7, 11) is 1.49. The Bertz CT molecular complexity index is 707. The number of ether oxygens (including phenoxy) is 2. The van der Waals surface area contributed by atoms with Crippen molar-refractivity contribution in [3.8, 4) is 11.5 Å². The number of nitrogens with one attached hydrogen (secondary N) is 1. The molecule has 2 aromatic rings. The van der Waals surface area contributed by atoms with E-state index in [4.69, 9.17) is 20.9 Å². The first-order valence-corrected chi connectivity index (χ1v) is 7.09. The van der Waals surface area contributed by atoms with Gasteiger partial charge in [-0.2, -0.15) is 0 Å². The van der Waals surface area contributed by atoms with Gasteiger partial charge >= 0.3 is 5.97 Å². The highest BCUT2D eigenvalue weighted by molar-refractivity contribution is 7.12. The molecule has 22 heavy (non-hydrogen) atoms. The number of hydrogen-bond acceptors (Lipinski definition) is 5. The van der Waals surface area contributed by atoms with Gasteiger partial charge in [-0.05, 0) is 29.6 Å². The summed E-state index contributed by atoms with van der Waals surface area (Å²) in [5.74, 6) is 0.249. The third-order valence-corrected chi connectivity index (χ3v) is 3.39. The van der Waals surface area contributed by atoms with E-state index in [1.54, 1.807) is 41.9 Å². The van der Waals surface area contributed by atoms with E-state index >= 15 is 0 Å². The van der Waals surface area contributed by atoms with Gasteiger partial charge in [-0.3, -0.25) is 0 Å². The van der Waals surface area contributed by atoms with E-state index < -0.39 is 5.97 Å². The van der Waals surface area contributed by atoms with Crippen molar-refractivity contribution in [2.75, 3.05) is 7.11 Å². The Hall–Kier alpha value is -2.87. The van der Waals surface area contributed by atoms with E-state index in [1.807, 2.05) is 0 Å². The fourth-order valence-corrected chi connectivity index (χ4v) is 2.18. The molecule has 0 unspecified atom stereocenters. The van der Waals surface area contributed by atoms with Crippen molar-refractivity contribution in [2.24, 2.45) is 16.6 Å². The van der Waals surface area contributed by atoms with Gasteiger partial charge in [-0.1, -0.05) is 6.07 Å². The minimum atomic E-state index is -0.427. The van der Waals surface area contributed by atoms with E-state index in [1.165, 1.54) is 18.4 Å². The number of carbonyl (C=O) groups is 1. The molecule has 0 saturated heterocycles. The normalized spacial score (nSPS) is 10.4. The zero-order valence-corrected chi connectivity index (χ0v) is 12.6. The van der Waals surface area contributed by atoms with Crippen molar-refractivity contribution in [2.45, 2.75) is 0 Å².